The highest BCUT2D eigenvalue weighted by atomic mass is 32.2. The molecule has 0 aliphatic carbocycles. The van der Waals surface area contributed by atoms with Crippen molar-refractivity contribution < 1.29 is 13.2 Å². The van der Waals surface area contributed by atoms with E-state index in [-0.39, 0.29) is 12.5 Å². The van der Waals surface area contributed by atoms with Crippen molar-refractivity contribution in [2.45, 2.75) is 46.6 Å². The number of sulfonamides is 1. The minimum absolute atomic E-state index is 0.214. The van der Waals surface area contributed by atoms with Gasteiger partial charge in [0, 0.05) is 5.54 Å². The Hall–Kier alpha value is -1.56. The molecule has 1 rings (SSSR count). The second-order valence-corrected chi connectivity index (χ2v) is 8.41. The van der Waals surface area contributed by atoms with Gasteiger partial charge in [0.1, 0.15) is 6.54 Å². The topological polar surface area (TPSA) is 66.5 Å². The number of nitrogens with one attached hydrogen (secondary N) is 1. The maximum absolute atomic E-state index is 12.2. The Bertz CT molecular complexity index is 646. The van der Waals surface area contributed by atoms with Crippen LogP contribution in [0.5, 0.6) is 0 Å². The van der Waals surface area contributed by atoms with Crippen LogP contribution < -0.4 is 9.62 Å². The summed E-state index contributed by atoms with van der Waals surface area (Å²) in [7, 11) is -3.55. The molecule has 0 saturated carbocycles. The molecule has 6 heteroatoms. The molecule has 0 radical (unpaired) electrons. The van der Waals surface area contributed by atoms with Gasteiger partial charge in [-0.3, -0.25) is 9.10 Å². The number of para-hydroxylation sites is 1. The van der Waals surface area contributed by atoms with Gasteiger partial charge in [-0.05, 0) is 45.2 Å². The fourth-order valence-corrected chi connectivity index (χ4v) is 3.26. The minimum Gasteiger partial charge on any atom is -0.350 e. The summed E-state index contributed by atoms with van der Waals surface area (Å²) in [5.74, 6) is -0.316. The summed E-state index contributed by atoms with van der Waals surface area (Å²) in [5.41, 5.74) is 1.96. The molecule has 0 unspecified atom stereocenters. The van der Waals surface area contributed by atoms with E-state index in [4.69, 9.17) is 0 Å². The van der Waals surface area contributed by atoms with E-state index in [9.17, 15) is 13.2 Å². The highest BCUT2D eigenvalue weighted by Gasteiger charge is 2.25. The normalized spacial score (nSPS) is 12.1. The van der Waals surface area contributed by atoms with Crippen LogP contribution in [0.3, 0.4) is 0 Å². The number of rotatable bonds is 5. The van der Waals surface area contributed by atoms with Crippen LogP contribution in [0.1, 0.15) is 38.8 Å². The molecule has 1 aromatic carbocycles. The lowest BCUT2D eigenvalue weighted by atomic mass is 10.1. The molecule has 0 bridgehead atoms. The van der Waals surface area contributed by atoms with Crippen LogP contribution in [0.25, 0.3) is 0 Å². The molecule has 1 amide bonds. The molecular weight excluding hydrogens is 300 g/mol. The minimum atomic E-state index is -3.55. The van der Waals surface area contributed by atoms with E-state index in [2.05, 4.69) is 5.32 Å². The van der Waals surface area contributed by atoms with E-state index in [1.807, 2.05) is 52.8 Å². The molecule has 0 heterocycles. The van der Waals surface area contributed by atoms with Gasteiger partial charge in [-0.1, -0.05) is 25.1 Å². The number of carbonyl (C=O) groups excluding carboxylic acids is 1. The molecule has 124 valence electrons. The predicted octanol–water partition coefficient (Wildman–Crippen LogP) is 2.24. The SMILES string of the molecule is CCc1cccc(C)c1N(CC(=O)NC(C)(C)C)S(C)(=O)=O. The van der Waals surface area contributed by atoms with Gasteiger partial charge in [-0.15, -0.1) is 0 Å². The van der Waals surface area contributed by atoms with E-state index in [1.54, 1.807) is 0 Å². The highest BCUT2D eigenvalue weighted by Crippen LogP contribution is 2.27. The second kappa shape index (κ2) is 6.69. The summed E-state index contributed by atoms with van der Waals surface area (Å²) in [6.45, 7) is 9.19. The maximum Gasteiger partial charge on any atom is 0.241 e. The van der Waals surface area contributed by atoms with Crippen LogP contribution in [-0.4, -0.2) is 32.7 Å². The molecule has 1 aromatic rings. The third-order valence-electron chi connectivity index (χ3n) is 3.15. The van der Waals surface area contributed by atoms with Crippen molar-refractivity contribution in [1.29, 1.82) is 0 Å². The van der Waals surface area contributed by atoms with E-state index < -0.39 is 15.6 Å². The van der Waals surface area contributed by atoms with Gasteiger partial charge in [0.15, 0.2) is 0 Å². The van der Waals surface area contributed by atoms with Crippen molar-refractivity contribution in [1.82, 2.24) is 5.32 Å². The Labute approximate surface area is 133 Å². The Morgan fingerprint density at radius 3 is 2.32 bits per heavy atom. The fourth-order valence-electron chi connectivity index (χ4n) is 2.31. The first-order chi connectivity index (χ1) is 9.95. The molecule has 0 fully saturated rings. The molecule has 1 N–H and O–H groups in total. The van der Waals surface area contributed by atoms with Gasteiger partial charge in [-0.2, -0.15) is 0 Å². The summed E-state index contributed by atoms with van der Waals surface area (Å²) in [4.78, 5) is 12.2. The summed E-state index contributed by atoms with van der Waals surface area (Å²) in [6, 6.07) is 5.64. The first-order valence-corrected chi connectivity index (χ1v) is 9.17. The Morgan fingerprint density at radius 2 is 1.86 bits per heavy atom. The van der Waals surface area contributed by atoms with Gasteiger partial charge >= 0.3 is 0 Å². The van der Waals surface area contributed by atoms with E-state index in [0.717, 1.165) is 17.4 Å². The van der Waals surface area contributed by atoms with Crippen molar-refractivity contribution in [3.8, 4) is 0 Å². The second-order valence-electron chi connectivity index (χ2n) is 6.50. The Balaban J connectivity index is 3.25. The number of hydrogen-bond acceptors (Lipinski definition) is 3. The van der Waals surface area contributed by atoms with Crippen molar-refractivity contribution in [2.24, 2.45) is 0 Å². The number of amides is 1. The molecular formula is C16H26N2O3S. The largest absolute Gasteiger partial charge is 0.350 e. The van der Waals surface area contributed by atoms with Gasteiger partial charge < -0.3 is 5.32 Å². The standard InChI is InChI=1S/C16H26N2O3S/c1-7-13-10-8-9-12(2)15(13)18(22(6,20)21)11-14(19)17-16(3,4)5/h8-10H,7,11H2,1-6H3,(H,17,19). The molecule has 0 aromatic heterocycles. The summed E-state index contributed by atoms with van der Waals surface area (Å²) < 4.78 is 25.6. The first-order valence-electron chi connectivity index (χ1n) is 7.33. The quantitative estimate of drug-likeness (QED) is 0.902. The lowest BCUT2D eigenvalue weighted by molar-refractivity contribution is -0.121. The lowest BCUT2D eigenvalue weighted by Crippen LogP contribution is -2.47. The number of anilines is 1. The lowest BCUT2D eigenvalue weighted by Gasteiger charge is -2.28. The van der Waals surface area contributed by atoms with Crippen LogP contribution in [0.15, 0.2) is 18.2 Å². The van der Waals surface area contributed by atoms with Gasteiger partial charge in [0.05, 0.1) is 11.9 Å². The van der Waals surface area contributed by atoms with Crippen molar-refractivity contribution >= 4 is 21.6 Å². The maximum atomic E-state index is 12.2. The summed E-state index contributed by atoms with van der Waals surface area (Å²) >= 11 is 0. The third-order valence-corrected chi connectivity index (χ3v) is 4.27. The van der Waals surface area contributed by atoms with Crippen LogP contribution in [0, 0.1) is 6.92 Å². The van der Waals surface area contributed by atoms with Gasteiger partial charge in [0.25, 0.3) is 0 Å². The molecule has 22 heavy (non-hydrogen) atoms. The molecule has 0 aliphatic heterocycles. The highest BCUT2D eigenvalue weighted by molar-refractivity contribution is 7.92. The van der Waals surface area contributed by atoms with E-state index in [0.29, 0.717) is 12.1 Å². The van der Waals surface area contributed by atoms with Crippen molar-refractivity contribution in [2.75, 3.05) is 17.1 Å². The third kappa shape index (κ3) is 5.02. The molecule has 5 nitrogen and oxygen atoms in total. The van der Waals surface area contributed by atoms with Crippen molar-refractivity contribution in [3.63, 3.8) is 0 Å². The fraction of sp³-hybridized carbons (Fsp3) is 0.562. The van der Waals surface area contributed by atoms with E-state index >= 15 is 0 Å². The predicted molar refractivity (Wildman–Crippen MR) is 90.6 cm³/mol. The van der Waals surface area contributed by atoms with E-state index in [1.165, 1.54) is 4.31 Å². The number of hydrogen-bond donors (Lipinski definition) is 1. The van der Waals surface area contributed by atoms with Gasteiger partial charge in [0.2, 0.25) is 15.9 Å². The van der Waals surface area contributed by atoms with Crippen molar-refractivity contribution in [3.05, 3.63) is 29.3 Å². The molecule has 0 aliphatic rings. The monoisotopic (exact) mass is 326 g/mol. The Morgan fingerprint density at radius 1 is 1.27 bits per heavy atom. The Kier molecular flexibility index (Phi) is 5.62. The van der Waals surface area contributed by atoms with Gasteiger partial charge in [-0.25, -0.2) is 8.42 Å². The zero-order chi connectivity index (χ0) is 17.1. The zero-order valence-corrected chi connectivity index (χ0v) is 15.0. The number of nitrogens with zero attached hydrogens (tertiary/aromatic N) is 1. The molecule has 0 saturated heterocycles. The number of carbonyl (C=O) groups is 1. The first kappa shape index (κ1) is 18.5. The van der Waals surface area contributed by atoms with Crippen LogP contribution in [-0.2, 0) is 21.2 Å². The smallest absolute Gasteiger partial charge is 0.241 e. The zero-order valence-electron chi connectivity index (χ0n) is 14.2. The number of aryl methyl sites for hydroxylation is 2. The average molecular weight is 326 g/mol. The summed E-state index contributed by atoms with van der Waals surface area (Å²) in [5, 5.41) is 2.80. The van der Waals surface area contributed by atoms with Crippen LogP contribution >= 0.6 is 0 Å². The number of benzene rings is 1. The van der Waals surface area contributed by atoms with Crippen LogP contribution in [0.2, 0.25) is 0 Å². The molecule has 0 spiro atoms. The molecule has 0 atom stereocenters. The summed E-state index contributed by atoms with van der Waals surface area (Å²) in [6.07, 6.45) is 1.83. The average Bonchev–Trinajstić information content (AvgIpc) is 2.32. The van der Waals surface area contributed by atoms with Crippen LogP contribution in [0.4, 0.5) is 5.69 Å².